The average Bonchev–Trinajstić information content (AvgIpc) is 2.47. The van der Waals surface area contributed by atoms with Crippen molar-refractivity contribution in [1.82, 2.24) is 5.32 Å². The first kappa shape index (κ1) is 17.1. The van der Waals surface area contributed by atoms with Gasteiger partial charge in [0.25, 0.3) is 11.6 Å². The number of carbonyl (C=O) groups is 1. The second-order valence-electron chi connectivity index (χ2n) is 5.03. The smallest absolute Gasteiger partial charge is 0.269 e. The summed E-state index contributed by atoms with van der Waals surface area (Å²) in [7, 11) is 0. The van der Waals surface area contributed by atoms with Crippen LogP contribution in [-0.4, -0.2) is 28.1 Å². The molecule has 0 spiro atoms. The second-order valence-corrected chi connectivity index (χ2v) is 5.03. The molecule has 0 heterocycles. The number of carbonyl (C=O) groups excluding carboxylic acids is 1. The predicted octanol–water partition coefficient (Wildman–Crippen LogP) is 2.65. The molecule has 1 rings (SSSR count). The third-order valence-corrected chi connectivity index (χ3v) is 3.31. The van der Waals surface area contributed by atoms with Crippen molar-refractivity contribution in [3.8, 4) is 0 Å². The second kappa shape index (κ2) is 8.36. The van der Waals surface area contributed by atoms with Gasteiger partial charge in [0.15, 0.2) is 0 Å². The minimum absolute atomic E-state index is 0.0531. The summed E-state index contributed by atoms with van der Waals surface area (Å²) < 4.78 is 0. The number of amides is 1. The maximum absolute atomic E-state index is 12.1. The summed E-state index contributed by atoms with van der Waals surface area (Å²) in [6.07, 6.45) is 2.45. The Morgan fingerprint density at radius 1 is 1.24 bits per heavy atom. The minimum atomic E-state index is -0.572. The Morgan fingerprint density at radius 3 is 2.29 bits per heavy atom. The number of nitrogens with one attached hydrogen (secondary N) is 1. The van der Waals surface area contributed by atoms with Crippen LogP contribution >= 0.6 is 0 Å². The van der Waals surface area contributed by atoms with Crippen molar-refractivity contribution in [1.29, 1.82) is 0 Å². The highest BCUT2D eigenvalue weighted by molar-refractivity contribution is 5.94. The van der Waals surface area contributed by atoms with Crippen molar-refractivity contribution in [3.05, 3.63) is 39.9 Å². The maximum Gasteiger partial charge on any atom is 0.269 e. The van der Waals surface area contributed by atoms with Crippen molar-refractivity contribution >= 4 is 11.6 Å². The van der Waals surface area contributed by atoms with E-state index in [0.29, 0.717) is 18.4 Å². The molecule has 0 aliphatic rings. The molecule has 0 radical (unpaired) electrons. The van der Waals surface area contributed by atoms with Crippen LogP contribution in [0, 0.1) is 10.1 Å². The van der Waals surface area contributed by atoms with Crippen LogP contribution in [0.5, 0.6) is 0 Å². The van der Waals surface area contributed by atoms with E-state index in [4.69, 9.17) is 0 Å². The molecule has 1 aromatic rings. The molecule has 0 saturated heterocycles. The molecule has 0 unspecified atom stereocenters. The molecule has 6 heteroatoms. The zero-order valence-electron chi connectivity index (χ0n) is 12.4. The summed E-state index contributed by atoms with van der Waals surface area (Å²) in [4.78, 5) is 22.2. The van der Waals surface area contributed by atoms with Gasteiger partial charge < -0.3 is 10.4 Å². The first-order valence-electron chi connectivity index (χ1n) is 7.23. The fourth-order valence-electron chi connectivity index (χ4n) is 2.15. The molecule has 0 fully saturated rings. The van der Waals surface area contributed by atoms with Crippen LogP contribution in [0.4, 0.5) is 5.69 Å². The van der Waals surface area contributed by atoms with Gasteiger partial charge >= 0.3 is 0 Å². The van der Waals surface area contributed by atoms with Crippen LogP contribution in [0.2, 0.25) is 0 Å². The molecule has 2 N–H and O–H groups in total. The number of hydrogen-bond acceptors (Lipinski definition) is 4. The van der Waals surface area contributed by atoms with Crippen LogP contribution in [0.3, 0.4) is 0 Å². The SMILES string of the molecule is CCC[C@H](O)[C@@H](CCC)NC(=O)c1ccc([N+](=O)[O-])cc1. The molecule has 1 amide bonds. The molecular formula is C15H22N2O4. The fourth-order valence-corrected chi connectivity index (χ4v) is 2.15. The van der Waals surface area contributed by atoms with Gasteiger partial charge in [0.05, 0.1) is 17.1 Å². The van der Waals surface area contributed by atoms with E-state index in [1.165, 1.54) is 24.3 Å². The minimum Gasteiger partial charge on any atom is -0.391 e. The van der Waals surface area contributed by atoms with Crippen LogP contribution in [0.15, 0.2) is 24.3 Å². The van der Waals surface area contributed by atoms with Crippen molar-refractivity contribution in [2.75, 3.05) is 0 Å². The molecule has 0 aromatic heterocycles. The molecule has 116 valence electrons. The quantitative estimate of drug-likeness (QED) is 0.569. The van der Waals surface area contributed by atoms with E-state index in [9.17, 15) is 20.0 Å². The molecular weight excluding hydrogens is 272 g/mol. The van der Waals surface area contributed by atoms with E-state index in [1.54, 1.807) is 0 Å². The zero-order chi connectivity index (χ0) is 15.8. The monoisotopic (exact) mass is 294 g/mol. The number of nitrogens with zero attached hydrogens (tertiary/aromatic N) is 1. The van der Waals surface area contributed by atoms with Crippen molar-refractivity contribution < 1.29 is 14.8 Å². The summed E-state index contributed by atoms with van der Waals surface area (Å²) in [6.45, 7) is 3.97. The Hall–Kier alpha value is -1.95. The Labute approximate surface area is 124 Å². The van der Waals surface area contributed by atoms with Gasteiger partial charge in [-0.3, -0.25) is 14.9 Å². The molecule has 2 atom stereocenters. The molecule has 1 aromatic carbocycles. The first-order chi connectivity index (χ1) is 9.99. The Kier molecular flexibility index (Phi) is 6.81. The normalized spacial score (nSPS) is 13.5. The number of hydrogen-bond donors (Lipinski definition) is 2. The van der Waals surface area contributed by atoms with Crippen LogP contribution in [-0.2, 0) is 0 Å². The van der Waals surface area contributed by atoms with Gasteiger partial charge in [-0.05, 0) is 25.0 Å². The number of rotatable bonds is 8. The summed E-state index contributed by atoms with van der Waals surface area (Å²) >= 11 is 0. The first-order valence-corrected chi connectivity index (χ1v) is 7.23. The van der Waals surface area contributed by atoms with Gasteiger partial charge in [0.1, 0.15) is 0 Å². The maximum atomic E-state index is 12.1. The largest absolute Gasteiger partial charge is 0.391 e. The Bertz CT molecular complexity index is 473. The van der Waals surface area contributed by atoms with Gasteiger partial charge in [-0.2, -0.15) is 0 Å². The average molecular weight is 294 g/mol. The lowest BCUT2D eigenvalue weighted by atomic mass is 10.0. The van der Waals surface area contributed by atoms with Crippen LogP contribution in [0.25, 0.3) is 0 Å². The van der Waals surface area contributed by atoms with E-state index < -0.39 is 11.0 Å². The number of non-ortho nitro benzene ring substituents is 1. The highest BCUT2D eigenvalue weighted by atomic mass is 16.6. The summed E-state index contributed by atoms with van der Waals surface area (Å²) in [5.41, 5.74) is 0.299. The standard InChI is InChI=1S/C15H22N2O4/c1-3-5-13(14(18)6-4-2)16-15(19)11-7-9-12(10-8-11)17(20)21/h7-10,13-14,18H,3-6H2,1-2H3,(H,16,19)/t13-,14+/m1/s1. The van der Waals surface area contributed by atoms with Gasteiger partial charge in [-0.1, -0.05) is 26.7 Å². The molecule has 21 heavy (non-hydrogen) atoms. The molecule has 0 aliphatic heterocycles. The summed E-state index contributed by atoms with van der Waals surface area (Å²) in [5.74, 6) is -0.321. The van der Waals surface area contributed by atoms with Crippen LogP contribution in [0.1, 0.15) is 49.9 Å². The number of benzene rings is 1. The van der Waals surface area contributed by atoms with Crippen molar-refractivity contribution in [2.45, 2.75) is 51.7 Å². The van der Waals surface area contributed by atoms with Crippen molar-refractivity contribution in [2.24, 2.45) is 0 Å². The molecule has 0 saturated carbocycles. The number of nitro benzene ring substituents is 1. The third-order valence-electron chi connectivity index (χ3n) is 3.31. The number of aliphatic hydroxyl groups excluding tert-OH is 1. The highest BCUT2D eigenvalue weighted by Crippen LogP contribution is 2.13. The Balaban J connectivity index is 2.74. The van der Waals surface area contributed by atoms with Gasteiger partial charge in [0, 0.05) is 17.7 Å². The van der Waals surface area contributed by atoms with Crippen LogP contribution < -0.4 is 5.32 Å². The predicted molar refractivity (Wildman–Crippen MR) is 80.2 cm³/mol. The van der Waals surface area contributed by atoms with E-state index in [2.05, 4.69) is 5.32 Å². The third kappa shape index (κ3) is 5.15. The molecule has 0 bridgehead atoms. The molecule has 0 aliphatic carbocycles. The van der Waals surface area contributed by atoms with Gasteiger partial charge in [0.2, 0.25) is 0 Å². The van der Waals surface area contributed by atoms with E-state index >= 15 is 0 Å². The van der Waals surface area contributed by atoms with Gasteiger partial charge in [-0.25, -0.2) is 0 Å². The molecule has 6 nitrogen and oxygen atoms in total. The zero-order valence-corrected chi connectivity index (χ0v) is 12.4. The van der Waals surface area contributed by atoms with Crippen molar-refractivity contribution in [3.63, 3.8) is 0 Å². The topological polar surface area (TPSA) is 92.5 Å². The Morgan fingerprint density at radius 2 is 1.81 bits per heavy atom. The van der Waals surface area contributed by atoms with E-state index in [1.807, 2.05) is 13.8 Å². The number of nitro groups is 1. The summed E-state index contributed by atoms with van der Waals surface area (Å²) in [5, 5.41) is 23.4. The lowest BCUT2D eigenvalue weighted by Gasteiger charge is -2.23. The lowest BCUT2D eigenvalue weighted by molar-refractivity contribution is -0.384. The number of aliphatic hydroxyl groups is 1. The summed E-state index contributed by atoms with van der Waals surface area (Å²) in [6, 6.07) is 5.14. The lowest BCUT2D eigenvalue weighted by Crippen LogP contribution is -2.43. The highest BCUT2D eigenvalue weighted by Gasteiger charge is 2.20. The van der Waals surface area contributed by atoms with E-state index in [-0.39, 0.29) is 17.6 Å². The van der Waals surface area contributed by atoms with Gasteiger partial charge in [-0.15, -0.1) is 0 Å². The fraction of sp³-hybridized carbons (Fsp3) is 0.533. The van der Waals surface area contributed by atoms with E-state index in [0.717, 1.165) is 12.8 Å².